The van der Waals surface area contributed by atoms with Crippen molar-refractivity contribution in [3.05, 3.63) is 58.5 Å². The Hall–Kier alpha value is -2.25. The van der Waals surface area contributed by atoms with Crippen molar-refractivity contribution in [1.29, 1.82) is 0 Å². The molecular formula is C21H21ClF2N4O. The van der Waals surface area contributed by atoms with E-state index >= 15 is 0 Å². The average Bonchev–Trinajstić information content (AvgIpc) is 3.22. The van der Waals surface area contributed by atoms with Gasteiger partial charge in [0.25, 0.3) is 0 Å². The van der Waals surface area contributed by atoms with Crippen molar-refractivity contribution in [3.63, 3.8) is 0 Å². The molecule has 0 amide bonds. The number of hydrogen-bond donors (Lipinski definition) is 0. The Morgan fingerprint density at radius 1 is 1.10 bits per heavy atom. The molecular weight excluding hydrogens is 398 g/mol. The summed E-state index contributed by atoms with van der Waals surface area (Å²) in [6, 6.07) is 8.59. The summed E-state index contributed by atoms with van der Waals surface area (Å²) in [5, 5.41) is 9.02. The second-order valence-corrected chi connectivity index (χ2v) is 8.10. The molecule has 2 aromatic heterocycles. The highest BCUT2D eigenvalue weighted by atomic mass is 35.5. The van der Waals surface area contributed by atoms with Gasteiger partial charge < -0.3 is 9.64 Å². The Balaban J connectivity index is 1.42. The summed E-state index contributed by atoms with van der Waals surface area (Å²) < 4.78 is 36.1. The summed E-state index contributed by atoms with van der Waals surface area (Å²) in [5.74, 6) is 0.881. The van der Waals surface area contributed by atoms with Gasteiger partial charge >= 0.3 is 6.11 Å². The summed E-state index contributed by atoms with van der Waals surface area (Å²) in [6.07, 6.45) is 1.42. The van der Waals surface area contributed by atoms with E-state index in [0.29, 0.717) is 42.2 Å². The second-order valence-electron chi connectivity index (χ2n) is 7.72. The van der Waals surface area contributed by atoms with Crippen LogP contribution in [0.4, 0.5) is 14.5 Å². The predicted octanol–water partition coefficient (Wildman–Crippen LogP) is 4.91. The molecule has 0 atom stereocenters. The molecule has 0 bridgehead atoms. The first-order valence-corrected chi connectivity index (χ1v) is 10.3. The zero-order valence-electron chi connectivity index (χ0n) is 16.0. The van der Waals surface area contributed by atoms with E-state index in [2.05, 4.69) is 22.0 Å². The van der Waals surface area contributed by atoms with Gasteiger partial charge in [-0.1, -0.05) is 36.7 Å². The molecule has 29 heavy (non-hydrogen) atoms. The fourth-order valence-electron chi connectivity index (χ4n) is 4.57. The molecule has 5 rings (SSSR count). The molecule has 1 saturated heterocycles. The molecule has 0 N–H and O–H groups in total. The first-order chi connectivity index (χ1) is 14.0. The van der Waals surface area contributed by atoms with Crippen LogP contribution < -0.4 is 4.90 Å². The number of ether oxygens (including phenoxy) is 1. The second kappa shape index (κ2) is 6.64. The lowest BCUT2D eigenvalue weighted by Gasteiger charge is -2.40. The molecule has 4 heterocycles. The van der Waals surface area contributed by atoms with Gasteiger partial charge in [-0.2, -0.15) is 8.78 Å². The monoisotopic (exact) mass is 418 g/mol. The minimum absolute atomic E-state index is 0.0141. The Bertz CT molecular complexity index is 1080. The van der Waals surface area contributed by atoms with E-state index in [9.17, 15) is 8.78 Å². The first-order valence-electron chi connectivity index (χ1n) is 9.90. The minimum atomic E-state index is -3.24. The quantitative estimate of drug-likeness (QED) is 0.606. The predicted molar refractivity (Wildman–Crippen MR) is 107 cm³/mol. The topological polar surface area (TPSA) is 42.7 Å². The van der Waals surface area contributed by atoms with Crippen molar-refractivity contribution in [3.8, 4) is 0 Å². The van der Waals surface area contributed by atoms with Crippen LogP contribution in [0.2, 0.25) is 5.02 Å². The number of anilines is 1. The molecule has 8 heteroatoms. The smallest absolute Gasteiger partial charge is 0.370 e. The van der Waals surface area contributed by atoms with Crippen LogP contribution in [-0.2, 0) is 22.9 Å². The Labute approximate surface area is 172 Å². The number of nitrogens with zero attached hydrogens (tertiary/aromatic N) is 4. The van der Waals surface area contributed by atoms with Crippen molar-refractivity contribution < 1.29 is 13.5 Å². The van der Waals surface area contributed by atoms with Crippen LogP contribution in [0.15, 0.2) is 36.5 Å². The highest BCUT2D eigenvalue weighted by molar-refractivity contribution is 6.36. The molecule has 2 aliphatic rings. The lowest BCUT2D eigenvalue weighted by Crippen LogP contribution is -2.43. The van der Waals surface area contributed by atoms with Gasteiger partial charge in [0.2, 0.25) is 0 Å². The van der Waals surface area contributed by atoms with Crippen LogP contribution in [0.1, 0.15) is 43.1 Å². The van der Waals surface area contributed by atoms with Gasteiger partial charge in [-0.25, -0.2) is 0 Å². The molecule has 0 aliphatic carbocycles. The third-order valence-electron chi connectivity index (χ3n) is 6.01. The van der Waals surface area contributed by atoms with Crippen LogP contribution in [-0.4, -0.2) is 27.7 Å². The van der Waals surface area contributed by atoms with E-state index in [1.807, 2.05) is 16.7 Å². The maximum absolute atomic E-state index is 14.4. The van der Waals surface area contributed by atoms with Gasteiger partial charge in [0, 0.05) is 25.7 Å². The van der Waals surface area contributed by atoms with Crippen LogP contribution >= 0.6 is 11.6 Å². The van der Waals surface area contributed by atoms with Crippen LogP contribution in [0.3, 0.4) is 0 Å². The number of aryl methyl sites for hydroxylation is 1. The zero-order valence-corrected chi connectivity index (χ0v) is 16.8. The first kappa shape index (κ1) is 18.8. The Morgan fingerprint density at radius 3 is 2.55 bits per heavy atom. The highest BCUT2D eigenvalue weighted by Gasteiger charge is 2.55. The van der Waals surface area contributed by atoms with Gasteiger partial charge in [0.1, 0.15) is 16.4 Å². The number of halogens is 3. The molecule has 1 fully saturated rings. The van der Waals surface area contributed by atoms with Gasteiger partial charge in [0.15, 0.2) is 5.65 Å². The van der Waals surface area contributed by atoms with Crippen LogP contribution in [0.25, 0.3) is 5.65 Å². The molecule has 1 spiro atoms. The number of hydrogen-bond acceptors (Lipinski definition) is 4. The van der Waals surface area contributed by atoms with E-state index < -0.39 is 11.7 Å². The molecule has 0 radical (unpaired) electrons. The van der Waals surface area contributed by atoms with Gasteiger partial charge in [-0.15, -0.1) is 10.2 Å². The minimum Gasteiger partial charge on any atom is -0.370 e. The zero-order chi connectivity index (χ0) is 20.2. The van der Waals surface area contributed by atoms with Crippen LogP contribution in [0, 0.1) is 0 Å². The van der Waals surface area contributed by atoms with Crippen molar-refractivity contribution in [2.45, 2.75) is 44.3 Å². The maximum Gasteiger partial charge on any atom is 0.384 e. The Kier molecular flexibility index (Phi) is 4.29. The largest absolute Gasteiger partial charge is 0.384 e. The molecule has 5 nitrogen and oxygen atoms in total. The van der Waals surface area contributed by atoms with Gasteiger partial charge in [-0.05, 0) is 37.0 Å². The highest BCUT2D eigenvalue weighted by Crippen LogP contribution is 2.53. The van der Waals surface area contributed by atoms with Crippen molar-refractivity contribution in [2.75, 3.05) is 18.0 Å². The van der Waals surface area contributed by atoms with E-state index in [4.69, 9.17) is 16.3 Å². The number of piperidine rings is 1. The fourth-order valence-corrected chi connectivity index (χ4v) is 4.88. The van der Waals surface area contributed by atoms with Gasteiger partial charge in [-0.3, -0.25) is 4.40 Å². The van der Waals surface area contributed by atoms with E-state index in [1.54, 1.807) is 18.2 Å². The van der Waals surface area contributed by atoms with Crippen molar-refractivity contribution in [1.82, 2.24) is 14.6 Å². The molecule has 0 unspecified atom stereocenters. The van der Waals surface area contributed by atoms with Crippen molar-refractivity contribution in [2.24, 2.45) is 0 Å². The normalized spacial score (nSPS) is 19.8. The van der Waals surface area contributed by atoms with Crippen molar-refractivity contribution >= 4 is 22.9 Å². The summed E-state index contributed by atoms with van der Waals surface area (Å²) in [7, 11) is 0. The number of benzene rings is 1. The molecule has 0 saturated carbocycles. The number of aromatic nitrogens is 3. The van der Waals surface area contributed by atoms with E-state index in [0.717, 1.165) is 24.4 Å². The lowest BCUT2D eigenvalue weighted by atomic mass is 9.83. The summed E-state index contributed by atoms with van der Waals surface area (Å²) in [5.41, 5.74) is 1.12. The average molecular weight is 419 g/mol. The summed E-state index contributed by atoms with van der Waals surface area (Å²) in [4.78, 5) is 2.12. The number of pyridine rings is 1. The lowest BCUT2D eigenvalue weighted by molar-refractivity contribution is -0.293. The van der Waals surface area contributed by atoms with E-state index in [-0.39, 0.29) is 5.56 Å². The maximum atomic E-state index is 14.4. The van der Waals surface area contributed by atoms with E-state index in [1.165, 1.54) is 6.07 Å². The Morgan fingerprint density at radius 2 is 1.83 bits per heavy atom. The number of alkyl halides is 2. The standard InChI is InChI=1S/C21H21ClF2N4O/c1-2-5-17-25-26-19-18(22)16(8-11-28(17)19)27-12-9-20(10-13-27)14-6-3-4-7-15(14)21(23,24)29-20/h3-4,6-8,11H,2,5,9-10,12-13H2,1H3. The fraction of sp³-hybridized carbons (Fsp3) is 0.429. The molecule has 1 aromatic carbocycles. The molecule has 2 aliphatic heterocycles. The molecule has 3 aromatic rings. The van der Waals surface area contributed by atoms with Gasteiger partial charge in [0.05, 0.1) is 11.3 Å². The summed E-state index contributed by atoms with van der Waals surface area (Å²) in [6.45, 7) is 3.22. The number of rotatable bonds is 3. The number of fused-ring (bicyclic) bond motifs is 3. The third kappa shape index (κ3) is 2.82. The third-order valence-corrected chi connectivity index (χ3v) is 6.37. The molecule has 152 valence electrons. The summed E-state index contributed by atoms with van der Waals surface area (Å²) >= 11 is 6.65. The SMILES string of the molecule is CCCc1nnc2c(Cl)c(N3CCC4(CC3)OC(F)(F)c3ccccc34)ccn12. The van der Waals surface area contributed by atoms with Crippen LogP contribution in [0.5, 0.6) is 0 Å².